The number of nitrogens with zero attached hydrogens (tertiary/aromatic N) is 2. The number of anilines is 1. The van der Waals surface area contributed by atoms with Crippen LogP contribution in [0.3, 0.4) is 0 Å². The predicted molar refractivity (Wildman–Crippen MR) is 78.0 cm³/mol. The topological polar surface area (TPSA) is 6.48 Å². The van der Waals surface area contributed by atoms with E-state index in [1.807, 2.05) is 24.1 Å². The van der Waals surface area contributed by atoms with Crippen LogP contribution in [0.5, 0.6) is 0 Å². The minimum atomic E-state index is -0.130. The molecule has 1 atom stereocenters. The third kappa shape index (κ3) is 3.04. The fourth-order valence-electron chi connectivity index (χ4n) is 2.57. The fourth-order valence-corrected chi connectivity index (χ4v) is 2.92. The number of benzene rings is 1. The van der Waals surface area contributed by atoms with Gasteiger partial charge in [-0.05, 0) is 44.1 Å². The highest BCUT2D eigenvalue weighted by molar-refractivity contribution is 9.08. The Bertz CT molecular complexity index is 411. The van der Waals surface area contributed by atoms with E-state index in [2.05, 4.69) is 27.9 Å². The first-order chi connectivity index (χ1) is 8.61. The van der Waals surface area contributed by atoms with Crippen molar-refractivity contribution in [2.45, 2.75) is 24.2 Å². The molecule has 18 heavy (non-hydrogen) atoms. The van der Waals surface area contributed by atoms with Gasteiger partial charge in [0.25, 0.3) is 0 Å². The van der Waals surface area contributed by atoms with Crippen LogP contribution in [0.2, 0.25) is 0 Å². The van der Waals surface area contributed by atoms with Crippen LogP contribution >= 0.6 is 15.9 Å². The molecule has 1 saturated heterocycles. The summed E-state index contributed by atoms with van der Waals surface area (Å²) in [6.45, 7) is 2.05. The molecule has 1 unspecified atom stereocenters. The Balaban J connectivity index is 2.06. The lowest BCUT2D eigenvalue weighted by Crippen LogP contribution is -2.36. The normalized spacial score (nSPS) is 20.3. The average Bonchev–Trinajstić information content (AvgIpc) is 2.74. The zero-order valence-corrected chi connectivity index (χ0v) is 12.6. The Morgan fingerprint density at radius 1 is 1.50 bits per heavy atom. The van der Waals surface area contributed by atoms with E-state index in [0.717, 1.165) is 18.7 Å². The highest BCUT2D eigenvalue weighted by atomic mass is 79.9. The van der Waals surface area contributed by atoms with E-state index in [0.29, 0.717) is 17.1 Å². The lowest BCUT2D eigenvalue weighted by molar-refractivity contribution is 0.314. The maximum Gasteiger partial charge on any atom is 0.146 e. The van der Waals surface area contributed by atoms with E-state index in [1.54, 1.807) is 6.07 Å². The highest BCUT2D eigenvalue weighted by Crippen LogP contribution is 2.23. The largest absolute Gasteiger partial charge is 0.371 e. The van der Waals surface area contributed by atoms with Gasteiger partial charge in [-0.25, -0.2) is 4.39 Å². The molecule has 0 aliphatic carbocycles. The summed E-state index contributed by atoms with van der Waals surface area (Å²) < 4.78 is 14.0. The third-order valence-electron chi connectivity index (χ3n) is 3.73. The van der Waals surface area contributed by atoms with Crippen molar-refractivity contribution in [3.05, 3.63) is 29.6 Å². The van der Waals surface area contributed by atoms with Gasteiger partial charge in [-0.2, -0.15) is 0 Å². The van der Waals surface area contributed by atoms with E-state index < -0.39 is 0 Å². The molecule has 1 aliphatic heterocycles. The first-order valence-corrected chi connectivity index (χ1v) is 7.49. The third-order valence-corrected chi connectivity index (χ3v) is 4.38. The summed E-state index contributed by atoms with van der Waals surface area (Å²) in [6.07, 6.45) is 2.46. The van der Waals surface area contributed by atoms with Crippen molar-refractivity contribution in [1.82, 2.24) is 4.90 Å². The average molecular weight is 315 g/mol. The molecule has 1 aromatic carbocycles. The molecule has 100 valence electrons. The van der Waals surface area contributed by atoms with Crippen molar-refractivity contribution in [2.24, 2.45) is 0 Å². The molecule has 1 aromatic rings. The molecule has 0 amide bonds. The monoisotopic (exact) mass is 314 g/mol. The van der Waals surface area contributed by atoms with Crippen molar-refractivity contribution in [3.8, 4) is 0 Å². The first kappa shape index (κ1) is 13.8. The van der Waals surface area contributed by atoms with E-state index in [9.17, 15) is 4.39 Å². The van der Waals surface area contributed by atoms with Crippen LogP contribution < -0.4 is 4.90 Å². The molecule has 0 saturated carbocycles. The van der Waals surface area contributed by atoms with Crippen molar-refractivity contribution >= 4 is 21.6 Å². The Morgan fingerprint density at radius 2 is 2.28 bits per heavy atom. The fraction of sp³-hybridized carbons (Fsp3) is 0.571. The Kier molecular flexibility index (Phi) is 4.62. The van der Waals surface area contributed by atoms with Gasteiger partial charge in [0.05, 0.1) is 5.69 Å². The van der Waals surface area contributed by atoms with Gasteiger partial charge in [-0.1, -0.05) is 22.0 Å². The van der Waals surface area contributed by atoms with E-state index in [-0.39, 0.29) is 5.82 Å². The maximum atomic E-state index is 14.0. The molecular weight excluding hydrogens is 295 g/mol. The summed E-state index contributed by atoms with van der Waals surface area (Å²) in [7, 11) is 4.12. The summed E-state index contributed by atoms with van der Waals surface area (Å²) in [4.78, 5) is 4.39. The molecule has 2 nitrogen and oxygen atoms in total. The number of rotatable bonds is 4. The summed E-state index contributed by atoms with van der Waals surface area (Å²) in [5.41, 5.74) is 1.67. The molecular formula is C14H20BrFN2. The number of halogens is 2. The highest BCUT2D eigenvalue weighted by Gasteiger charge is 2.22. The van der Waals surface area contributed by atoms with Crippen molar-refractivity contribution in [1.29, 1.82) is 0 Å². The number of alkyl halides is 1. The zero-order chi connectivity index (χ0) is 13.1. The van der Waals surface area contributed by atoms with Gasteiger partial charge in [-0.15, -0.1) is 0 Å². The van der Waals surface area contributed by atoms with Gasteiger partial charge in [0.2, 0.25) is 0 Å². The second kappa shape index (κ2) is 6.02. The van der Waals surface area contributed by atoms with Crippen molar-refractivity contribution in [2.75, 3.05) is 32.1 Å². The zero-order valence-electron chi connectivity index (χ0n) is 11.0. The van der Waals surface area contributed by atoms with E-state index in [4.69, 9.17) is 0 Å². The number of hydrogen-bond donors (Lipinski definition) is 0. The van der Waals surface area contributed by atoms with Gasteiger partial charge < -0.3 is 9.80 Å². The SMILES string of the molecule is CN(CC1CCCN1C)c1ccc(CBr)cc1F. The van der Waals surface area contributed by atoms with Gasteiger partial charge >= 0.3 is 0 Å². The van der Waals surface area contributed by atoms with Gasteiger partial charge in [0, 0.05) is 25.0 Å². The molecule has 0 N–H and O–H groups in total. The number of likely N-dealkylation sites (N-methyl/N-ethyl adjacent to an activating group) is 2. The van der Waals surface area contributed by atoms with Gasteiger partial charge in [0.1, 0.15) is 5.82 Å². The Hall–Kier alpha value is -0.610. The van der Waals surface area contributed by atoms with Crippen LogP contribution in [0.4, 0.5) is 10.1 Å². The molecule has 0 spiro atoms. The standard InChI is InChI=1S/C14H20BrFN2/c1-17-7-3-4-12(17)10-18(2)14-6-5-11(9-15)8-13(14)16/h5-6,8,12H,3-4,7,9-10H2,1-2H3. The molecule has 1 heterocycles. The Morgan fingerprint density at radius 3 is 2.83 bits per heavy atom. The lowest BCUT2D eigenvalue weighted by Gasteiger charge is -2.27. The van der Waals surface area contributed by atoms with Crippen LogP contribution in [-0.2, 0) is 5.33 Å². The predicted octanol–water partition coefficient (Wildman–Crippen LogP) is 3.25. The van der Waals surface area contributed by atoms with Crippen LogP contribution in [0.15, 0.2) is 18.2 Å². The summed E-state index contributed by atoms with van der Waals surface area (Å²) in [6, 6.07) is 6.01. The molecule has 2 rings (SSSR count). The number of hydrogen-bond acceptors (Lipinski definition) is 2. The Labute approximate surface area is 117 Å². The van der Waals surface area contributed by atoms with Crippen LogP contribution in [0.1, 0.15) is 18.4 Å². The summed E-state index contributed by atoms with van der Waals surface area (Å²) in [5, 5.41) is 0.694. The first-order valence-electron chi connectivity index (χ1n) is 6.37. The summed E-state index contributed by atoms with van der Waals surface area (Å²) in [5.74, 6) is -0.130. The van der Waals surface area contributed by atoms with Gasteiger partial charge in [-0.3, -0.25) is 0 Å². The minimum absolute atomic E-state index is 0.130. The van der Waals surface area contributed by atoms with E-state index >= 15 is 0 Å². The van der Waals surface area contributed by atoms with Crippen LogP contribution in [0.25, 0.3) is 0 Å². The van der Waals surface area contributed by atoms with Crippen molar-refractivity contribution in [3.63, 3.8) is 0 Å². The minimum Gasteiger partial charge on any atom is -0.371 e. The maximum absolute atomic E-state index is 14.0. The molecule has 1 fully saturated rings. The van der Waals surface area contributed by atoms with Crippen LogP contribution in [0, 0.1) is 5.82 Å². The molecule has 0 aromatic heterocycles. The summed E-state index contributed by atoms with van der Waals surface area (Å²) >= 11 is 3.35. The second-order valence-corrected chi connectivity index (χ2v) is 5.64. The molecule has 0 radical (unpaired) electrons. The quantitative estimate of drug-likeness (QED) is 0.787. The second-order valence-electron chi connectivity index (χ2n) is 5.08. The number of likely N-dealkylation sites (tertiary alicyclic amines) is 1. The smallest absolute Gasteiger partial charge is 0.146 e. The molecule has 1 aliphatic rings. The van der Waals surface area contributed by atoms with Crippen molar-refractivity contribution < 1.29 is 4.39 Å². The lowest BCUT2D eigenvalue weighted by atomic mass is 10.1. The van der Waals surface area contributed by atoms with E-state index in [1.165, 1.54) is 12.8 Å². The van der Waals surface area contributed by atoms with Crippen LogP contribution in [-0.4, -0.2) is 38.1 Å². The van der Waals surface area contributed by atoms with Gasteiger partial charge in [0.15, 0.2) is 0 Å². The molecule has 0 bridgehead atoms. The molecule has 4 heteroatoms.